The number of nitrogens with two attached hydrogens (primary N) is 1. The zero-order chi connectivity index (χ0) is 39.9. The van der Waals surface area contributed by atoms with E-state index in [-0.39, 0.29) is 24.3 Å². The smallest absolute Gasteiger partial charge is 0.408 e. The Kier molecular flexibility index (Phi) is 25.3. The standard InChI is InChI=1S/C15H26N2O3.C7H12N2O2.C6H4ClFN2O2.C4H10.2C2H6/c1-15(2,3)20-14(19)16-8-13(18)17-9-11-6-4-5-7-12(11)10-17;1-5-2-6(7(8)11)9(3-5)4-10;7-4-3(8)1-9-6(5(4)12)10-2-11;1-4(2)3;2*1-2/h11-12H,4-10H2,1-3H3,(H,16,19);4-6H,2-3H2,1H3,(H2,8,11);1-2,12H,(H,9,10,11);4H,1-3H3;2*1-2H3. The number of fused-ring (bicyclic) bond motifs is 1. The first-order valence-corrected chi connectivity index (χ1v) is 18.3. The van der Waals surface area contributed by atoms with Crippen molar-refractivity contribution in [2.24, 2.45) is 29.4 Å². The zero-order valence-corrected chi connectivity index (χ0v) is 33.3. The number of halogens is 2. The van der Waals surface area contributed by atoms with Gasteiger partial charge in [-0.2, -0.15) is 0 Å². The van der Waals surface area contributed by atoms with Crippen LogP contribution in [0.2, 0.25) is 5.02 Å². The zero-order valence-electron chi connectivity index (χ0n) is 32.6. The van der Waals surface area contributed by atoms with Crippen molar-refractivity contribution in [1.82, 2.24) is 20.1 Å². The second-order valence-corrected chi connectivity index (χ2v) is 14.0. The summed E-state index contributed by atoms with van der Waals surface area (Å²) >= 11 is 5.30. The molecule has 5 N–H and O–H groups in total. The third-order valence-electron chi connectivity index (χ3n) is 7.27. The van der Waals surface area contributed by atoms with Gasteiger partial charge in [0, 0.05) is 19.6 Å². The van der Waals surface area contributed by atoms with Gasteiger partial charge in [0.2, 0.25) is 24.6 Å². The van der Waals surface area contributed by atoms with Crippen LogP contribution in [0.1, 0.15) is 108 Å². The SMILES string of the molecule is CC.CC.CC(C)(C)OC(=O)NCC(=O)N1CC2CCCCC2C1.CC(C)C.CC1CC(C(N)=O)N(C=O)C1.O=CNc1ncc(F)c(Cl)c1O. The van der Waals surface area contributed by atoms with E-state index in [4.69, 9.17) is 27.2 Å². The molecule has 294 valence electrons. The van der Waals surface area contributed by atoms with Crippen molar-refractivity contribution in [3.05, 3.63) is 17.0 Å². The number of rotatable bonds is 6. The Morgan fingerprint density at radius 2 is 1.59 bits per heavy atom. The molecule has 3 heterocycles. The molecule has 0 radical (unpaired) electrons. The van der Waals surface area contributed by atoms with Crippen molar-refractivity contribution in [3.63, 3.8) is 0 Å². The van der Waals surface area contributed by atoms with Crippen LogP contribution in [0.4, 0.5) is 15.0 Å². The van der Waals surface area contributed by atoms with Gasteiger partial charge in [0.05, 0.1) is 6.20 Å². The fraction of sp³-hybridized carbons (Fsp3) is 0.722. The van der Waals surface area contributed by atoms with E-state index in [1.807, 2.05) is 39.5 Å². The molecule has 1 aliphatic carbocycles. The van der Waals surface area contributed by atoms with Crippen molar-refractivity contribution in [1.29, 1.82) is 0 Å². The predicted molar refractivity (Wildman–Crippen MR) is 200 cm³/mol. The average molecular weight is 747 g/mol. The quantitative estimate of drug-likeness (QED) is 0.242. The number of primary amides is 1. The van der Waals surface area contributed by atoms with Crippen molar-refractivity contribution in [2.45, 2.75) is 120 Å². The van der Waals surface area contributed by atoms with Crippen molar-refractivity contribution in [2.75, 3.05) is 31.5 Å². The molecule has 2 aliphatic heterocycles. The largest absolute Gasteiger partial charge is 0.503 e. The van der Waals surface area contributed by atoms with Crippen LogP contribution in [-0.2, 0) is 23.9 Å². The number of alkyl carbamates (subject to hydrolysis) is 1. The molecule has 0 spiro atoms. The minimum absolute atomic E-state index is 0.00487. The van der Waals surface area contributed by atoms with Crippen LogP contribution in [0.15, 0.2) is 6.20 Å². The summed E-state index contributed by atoms with van der Waals surface area (Å²) in [7, 11) is 0. The number of nitrogens with one attached hydrogen (secondary N) is 2. The molecule has 1 aromatic rings. The van der Waals surface area contributed by atoms with Crippen LogP contribution >= 0.6 is 11.6 Å². The van der Waals surface area contributed by atoms with E-state index in [0.717, 1.165) is 25.2 Å². The van der Waals surface area contributed by atoms with E-state index in [9.17, 15) is 28.4 Å². The van der Waals surface area contributed by atoms with Crippen LogP contribution in [0.25, 0.3) is 0 Å². The minimum atomic E-state index is -0.842. The van der Waals surface area contributed by atoms with E-state index in [2.05, 4.69) is 36.4 Å². The Hall–Kier alpha value is -3.68. The van der Waals surface area contributed by atoms with Gasteiger partial charge < -0.3 is 36.0 Å². The number of hydrogen-bond acceptors (Lipinski definition) is 8. The number of aromatic nitrogens is 1. The molecule has 0 aromatic carbocycles. The van der Waals surface area contributed by atoms with E-state index in [1.54, 1.807) is 20.8 Å². The molecule has 2 saturated heterocycles. The highest BCUT2D eigenvalue weighted by molar-refractivity contribution is 6.32. The number of aromatic hydroxyl groups is 1. The van der Waals surface area contributed by atoms with Gasteiger partial charge in [-0.1, -0.05) is 79.8 Å². The maximum absolute atomic E-state index is 12.5. The van der Waals surface area contributed by atoms with Crippen LogP contribution in [0.3, 0.4) is 0 Å². The molecule has 1 saturated carbocycles. The molecule has 51 heavy (non-hydrogen) atoms. The molecule has 13 nitrogen and oxygen atoms in total. The maximum atomic E-state index is 12.5. The highest BCUT2D eigenvalue weighted by Gasteiger charge is 2.36. The summed E-state index contributed by atoms with van der Waals surface area (Å²) in [4.78, 5) is 61.4. The molecular formula is C36H64ClFN6O7. The number of likely N-dealkylation sites (tertiary alicyclic amines) is 2. The summed E-state index contributed by atoms with van der Waals surface area (Å²) in [6.07, 6.45) is 7.04. The first-order chi connectivity index (χ1) is 23.9. The van der Waals surface area contributed by atoms with Crippen molar-refractivity contribution < 1.29 is 38.2 Å². The fourth-order valence-corrected chi connectivity index (χ4v) is 5.41. The van der Waals surface area contributed by atoms with Gasteiger partial charge in [0.15, 0.2) is 17.4 Å². The maximum Gasteiger partial charge on any atom is 0.408 e. The van der Waals surface area contributed by atoms with E-state index in [0.29, 0.717) is 43.5 Å². The van der Waals surface area contributed by atoms with Gasteiger partial charge in [-0.25, -0.2) is 14.2 Å². The van der Waals surface area contributed by atoms with Gasteiger partial charge in [-0.15, -0.1) is 0 Å². The number of ether oxygens (including phenoxy) is 1. The number of nitrogens with zero attached hydrogens (tertiary/aromatic N) is 3. The first-order valence-electron chi connectivity index (χ1n) is 17.9. The topological polar surface area (TPSA) is 184 Å². The third-order valence-corrected chi connectivity index (χ3v) is 7.63. The summed E-state index contributed by atoms with van der Waals surface area (Å²) < 4.78 is 17.7. The Labute approximate surface area is 309 Å². The van der Waals surface area contributed by atoms with Crippen LogP contribution < -0.4 is 16.4 Å². The van der Waals surface area contributed by atoms with Gasteiger partial charge in [-0.3, -0.25) is 19.2 Å². The molecule has 1 aromatic heterocycles. The minimum Gasteiger partial charge on any atom is -0.503 e. The lowest BCUT2D eigenvalue weighted by molar-refractivity contribution is -0.129. The molecule has 4 unspecified atom stereocenters. The summed E-state index contributed by atoms with van der Waals surface area (Å²) in [6.45, 7) is 24.3. The van der Waals surface area contributed by atoms with Gasteiger partial charge in [0.25, 0.3) is 0 Å². The Morgan fingerprint density at radius 3 is 2.00 bits per heavy atom. The summed E-state index contributed by atoms with van der Waals surface area (Å²) in [5, 5.41) is 13.2. The molecule has 0 bridgehead atoms. The monoisotopic (exact) mass is 746 g/mol. The van der Waals surface area contributed by atoms with Crippen LogP contribution in [0, 0.1) is 29.5 Å². The number of amides is 5. The number of carbonyl (C=O) groups excluding carboxylic acids is 5. The molecule has 15 heteroatoms. The lowest BCUT2D eigenvalue weighted by Crippen LogP contribution is -2.41. The lowest BCUT2D eigenvalue weighted by Gasteiger charge is -2.22. The number of anilines is 1. The second-order valence-electron chi connectivity index (χ2n) is 13.6. The Morgan fingerprint density at radius 1 is 1.08 bits per heavy atom. The molecule has 3 fully saturated rings. The predicted octanol–water partition coefficient (Wildman–Crippen LogP) is 6.36. The number of hydrogen-bond donors (Lipinski definition) is 4. The van der Waals surface area contributed by atoms with E-state index < -0.39 is 34.2 Å². The van der Waals surface area contributed by atoms with Crippen molar-refractivity contribution >= 4 is 48.1 Å². The summed E-state index contributed by atoms with van der Waals surface area (Å²) in [5.41, 5.74) is 4.55. The molecule has 4 rings (SSSR count). The summed E-state index contributed by atoms with van der Waals surface area (Å²) in [5.74, 6) is 0.582. The second kappa shape index (κ2) is 26.1. The molecular weight excluding hydrogens is 683 g/mol. The van der Waals surface area contributed by atoms with E-state index in [1.165, 1.54) is 30.6 Å². The Bertz CT molecular complexity index is 1180. The van der Waals surface area contributed by atoms with Crippen LogP contribution in [0.5, 0.6) is 5.75 Å². The van der Waals surface area contributed by atoms with Gasteiger partial charge >= 0.3 is 6.09 Å². The van der Waals surface area contributed by atoms with Gasteiger partial charge in [-0.05, 0) is 63.7 Å². The third kappa shape index (κ3) is 20.1. The number of pyridine rings is 1. The lowest BCUT2D eigenvalue weighted by atomic mass is 9.82. The Balaban J connectivity index is 0. The van der Waals surface area contributed by atoms with E-state index >= 15 is 0 Å². The number of carbonyl (C=O) groups is 5. The normalized spacial score (nSPS) is 20.0. The average Bonchev–Trinajstić information content (AvgIpc) is 3.69. The highest BCUT2D eigenvalue weighted by Crippen LogP contribution is 2.36. The molecule has 3 aliphatic rings. The fourth-order valence-electron chi connectivity index (χ4n) is 5.28. The summed E-state index contributed by atoms with van der Waals surface area (Å²) in [6, 6.07) is -0.373. The highest BCUT2D eigenvalue weighted by atomic mass is 35.5. The molecule has 5 amide bonds. The van der Waals surface area contributed by atoms with Crippen LogP contribution in [-0.4, -0.2) is 88.4 Å². The first kappa shape index (κ1) is 49.4. The van der Waals surface area contributed by atoms with Crippen molar-refractivity contribution in [3.8, 4) is 5.75 Å². The molecule has 4 atom stereocenters. The van der Waals surface area contributed by atoms with Gasteiger partial charge in [0.1, 0.15) is 23.2 Å².